The molecule has 0 aliphatic rings. The fourth-order valence-corrected chi connectivity index (χ4v) is 1.58. The van der Waals surface area contributed by atoms with Crippen LogP contribution < -0.4 is 10.1 Å². The summed E-state index contributed by atoms with van der Waals surface area (Å²) in [5, 5.41) is 12.1. The molecule has 0 saturated heterocycles. The molecule has 0 aliphatic carbocycles. The number of hydrogen-bond acceptors (Lipinski definition) is 5. The van der Waals surface area contributed by atoms with Crippen LogP contribution in [0, 0.1) is 5.92 Å². The van der Waals surface area contributed by atoms with Gasteiger partial charge in [0, 0.05) is 6.07 Å². The average molecular weight is 267 g/mol. The van der Waals surface area contributed by atoms with Crippen molar-refractivity contribution in [2.45, 2.75) is 39.7 Å². The minimum absolute atomic E-state index is 0.284. The van der Waals surface area contributed by atoms with Gasteiger partial charge in [0.05, 0.1) is 6.61 Å². The number of carbonyl (C=O) groups is 1. The highest BCUT2D eigenvalue weighted by Gasteiger charge is 2.19. The Kier molecular flexibility index (Phi) is 6.05. The molecule has 0 aromatic carbocycles. The lowest BCUT2D eigenvalue weighted by Gasteiger charge is -2.17. The van der Waals surface area contributed by atoms with Crippen LogP contribution in [0.3, 0.4) is 0 Å². The lowest BCUT2D eigenvalue weighted by Crippen LogP contribution is -2.31. The fraction of sp³-hybridized carbons (Fsp3) is 0.615. The molecule has 19 heavy (non-hydrogen) atoms. The number of nitrogens with zero attached hydrogens (tertiary/aromatic N) is 2. The number of nitrogens with one attached hydrogen (secondary N) is 1. The molecule has 0 spiro atoms. The van der Waals surface area contributed by atoms with E-state index in [9.17, 15) is 4.79 Å². The quantitative estimate of drug-likeness (QED) is 0.751. The van der Waals surface area contributed by atoms with Crippen LogP contribution in [0.15, 0.2) is 12.4 Å². The van der Waals surface area contributed by atoms with E-state index in [-0.39, 0.29) is 5.92 Å². The highest BCUT2D eigenvalue weighted by molar-refractivity contribution is 5.76. The van der Waals surface area contributed by atoms with E-state index < -0.39 is 12.0 Å². The highest BCUT2D eigenvalue weighted by Crippen LogP contribution is 2.15. The molecule has 0 radical (unpaired) electrons. The van der Waals surface area contributed by atoms with Crippen molar-refractivity contribution in [2.24, 2.45) is 5.92 Å². The van der Waals surface area contributed by atoms with E-state index in [0.29, 0.717) is 24.7 Å². The van der Waals surface area contributed by atoms with Gasteiger partial charge in [0.2, 0.25) is 5.88 Å². The Hall–Kier alpha value is -1.85. The summed E-state index contributed by atoms with van der Waals surface area (Å²) in [6, 6.07) is 0.959. The van der Waals surface area contributed by atoms with Gasteiger partial charge in [0.25, 0.3) is 0 Å². The van der Waals surface area contributed by atoms with Crippen molar-refractivity contribution in [3.63, 3.8) is 0 Å². The van der Waals surface area contributed by atoms with Crippen molar-refractivity contribution >= 4 is 11.8 Å². The number of ether oxygens (including phenoxy) is 1. The Bertz CT molecular complexity index is 410. The van der Waals surface area contributed by atoms with Crippen LogP contribution in [-0.4, -0.2) is 33.7 Å². The van der Waals surface area contributed by atoms with Crippen molar-refractivity contribution in [2.75, 3.05) is 11.9 Å². The molecular weight excluding hydrogens is 246 g/mol. The van der Waals surface area contributed by atoms with Gasteiger partial charge in [-0.2, -0.15) is 0 Å². The number of carboxylic acid groups (broad SMARTS) is 1. The largest absolute Gasteiger partial charge is 0.480 e. The van der Waals surface area contributed by atoms with E-state index in [1.54, 1.807) is 6.07 Å². The predicted octanol–water partition coefficient (Wildman–Crippen LogP) is 2.18. The zero-order valence-electron chi connectivity index (χ0n) is 11.6. The lowest BCUT2D eigenvalue weighted by molar-refractivity contribution is -0.138. The maximum Gasteiger partial charge on any atom is 0.326 e. The molecule has 1 aromatic rings. The summed E-state index contributed by atoms with van der Waals surface area (Å²) in [7, 11) is 0. The van der Waals surface area contributed by atoms with Crippen LogP contribution in [0.25, 0.3) is 0 Å². The smallest absolute Gasteiger partial charge is 0.326 e. The first-order valence-electron chi connectivity index (χ1n) is 6.47. The van der Waals surface area contributed by atoms with Gasteiger partial charge in [-0.1, -0.05) is 20.8 Å². The van der Waals surface area contributed by atoms with E-state index in [1.165, 1.54) is 6.33 Å². The molecule has 0 fully saturated rings. The normalized spacial score (nSPS) is 12.2. The van der Waals surface area contributed by atoms with Crippen molar-refractivity contribution in [1.29, 1.82) is 0 Å². The van der Waals surface area contributed by atoms with Crippen LogP contribution in [0.1, 0.15) is 33.6 Å². The van der Waals surface area contributed by atoms with E-state index >= 15 is 0 Å². The molecular formula is C13H21N3O3. The molecule has 106 valence electrons. The number of aliphatic carboxylic acids is 1. The standard InChI is InChI=1S/C13H21N3O3/c1-4-5-19-12-7-11(14-8-15-12)16-10(13(17)18)6-9(2)3/h7-10H,4-6H2,1-3H3,(H,17,18)(H,14,15,16). The molecule has 1 rings (SSSR count). The molecule has 1 heterocycles. The summed E-state index contributed by atoms with van der Waals surface area (Å²) in [5.74, 6) is 0.316. The van der Waals surface area contributed by atoms with Gasteiger partial charge in [0.15, 0.2) is 0 Å². The first-order valence-corrected chi connectivity index (χ1v) is 6.47. The average Bonchev–Trinajstić information content (AvgIpc) is 2.35. The third kappa shape index (κ3) is 5.54. The van der Waals surface area contributed by atoms with Gasteiger partial charge >= 0.3 is 5.97 Å². The second-order valence-corrected chi connectivity index (χ2v) is 4.75. The molecule has 0 aliphatic heterocycles. The Morgan fingerprint density at radius 3 is 2.79 bits per heavy atom. The third-order valence-electron chi connectivity index (χ3n) is 2.42. The van der Waals surface area contributed by atoms with Gasteiger partial charge in [-0.25, -0.2) is 14.8 Å². The van der Waals surface area contributed by atoms with Gasteiger partial charge in [-0.05, 0) is 18.8 Å². The second-order valence-electron chi connectivity index (χ2n) is 4.75. The van der Waals surface area contributed by atoms with Gasteiger partial charge in [-0.3, -0.25) is 0 Å². The number of aromatic nitrogens is 2. The van der Waals surface area contributed by atoms with E-state index in [0.717, 1.165) is 6.42 Å². The summed E-state index contributed by atoms with van der Waals surface area (Å²) >= 11 is 0. The van der Waals surface area contributed by atoms with Gasteiger partial charge in [0.1, 0.15) is 18.2 Å². The zero-order valence-corrected chi connectivity index (χ0v) is 11.6. The van der Waals surface area contributed by atoms with E-state index in [1.807, 2.05) is 20.8 Å². The van der Waals surface area contributed by atoms with Crippen LogP contribution in [0.4, 0.5) is 5.82 Å². The van der Waals surface area contributed by atoms with Gasteiger partial charge < -0.3 is 15.2 Å². The van der Waals surface area contributed by atoms with E-state index in [2.05, 4.69) is 15.3 Å². The van der Waals surface area contributed by atoms with E-state index in [4.69, 9.17) is 9.84 Å². The Morgan fingerprint density at radius 2 is 2.21 bits per heavy atom. The Balaban J connectivity index is 2.70. The monoisotopic (exact) mass is 267 g/mol. The predicted molar refractivity (Wildman–Crippen MR) is 72.3 cm³/mol. The molecule has 6 heteroatoms. The van der Waals surface area contributed by atoms with Crippen molar-refractivity contribution < 1.29 is 14.6 Å². The first kappa shape index (κ1) is 15.2. The van der Waals surface area contributed by atoms with Crippen LogP contribution in [0.2, 0.25) is 0 Å². The Morgan fingerprint density at radius 1 is 1.47 bits per heavy atom. The number of hydrogen-bond donors (Lipinski definition) is 2. The van der Waals surface area contributed by atoms with Crippen molar-refractivity contribution in [3.8, 4) is 5.88 Å². The van der Waals surface area contributed by atoms with Gasteiger partial charge in [-0.15, -0.1) is 0 Å². The molecule has 2 N–H and O–H groups in total. The number of rotatable bonds is 8. The maximum absolute atomic E-state index is 11.2. The summed E-state index contributed by atoms with van der Waals surface area (Å²) in [6.07, 6.45) is 2.78. The molecule has 6 nitrogen and oxygen atoms in total. The fourth-order valence-electron chi connectivity index (χ4n) is 1.58. The molecule has 0 saturated carbocycles. The topological polar surface area (TPSA) is 84.3 Å². The number of carboxylic acids is 1. The molecule has 1 aromatic heterocycles. The van der Waals surface area contributed by atoms with Crippen LogP contribution in [0.5, 0.6) is 5.88 Å². The number of anilines is 1. The highest BCUT2D eigenvalue weighted by atomic mass is 16.5. The third-order valence-corrected chi connectivity index (χ3v) is 2.42. The summed E-state index contributed by atoms with van der Waals surface area (Å²) < 4.78 is 5.38. The van der Waals surface area contributed by atoms with Crippen LogP contribution in [-0.2, 0) is 4.79 Å². The van der Waals surface area contributed by atoms with Crippen molar-refractivity contribution in [3.05, 3.63) is 12.4 Å². The zero-order chi connectivity index (χ0) is 14.3. The molecule has 1 unspecified atom stereocenters. The maximum atomic E-state index is 11.2. The summed E-state index contributed by atoms with van der Waals surface area (Å²) in [6.45, 7) is 6.54. The molecule has 0 bridgehead atoms. The Labute approximate surface area is 113 Å². The van der Waals surface area contributed by atoms with Crippen LogP contribution >= 0.6 is 0 Å². The summed E-state index contributed by atoms with van der Waals surface area (Å²) in [5.41, 5.74) is 0. The summed E-state index contributed by atoms with van der Waals surface area (Å²) in [4.78, 5) is 19.1. The van der Waals surface area contributed by atoms with Crippen molar-refractivity contribution in [1.82, 2.24) is 9.97 Å². The molecule has 1 atom stereocenters. The SMILES string of the molecule is CCCOc1cc(NC(CC(C)C)C(=O)O)ncn1. The lowest BCUT2D eigenvalue weighted by atomic mass is 10.0. The molecule has 0 amide bonds. The second kappa shape index (κ2) is 7.56. The first-order chi connectivity index (χ1) is 9.02. The minimum Gasteiger partial charge on any atom is -0.480 e. The minimum atomic E-state index is -0.886.